The summed E-state index contributed by atoms with van der Waals surface area (Å²) >= 11 is 1.70. The maximum atomic E-state index is 4.55. The van der Waals surface area contributed by atoms with E-state index >= 15 is 0 Å². The van der Waals surface area contributed by atoms with Gasteiger partial charge < -0.3 is 5.32 Å². The van der Waals surface area contributed by atoms with Gasteiger partial charge in [-0.1, -0.05) is 24.3 Å². The molecule has 2 aromatic rings. The van der Waals surface area contributed by atoms with Crippen LogP contribution in [0.2, 0.25) is 0 Å². The topological polar surface area (TPSA) is 18.0 Å². The van der Waals surface area contributed by atoms with Crippen LogP contribution < -0.4 is 4.57 Å². The van der Waals surface area contributed by atoms with Crippen molar-refractivity contribution < 1.29 is 4.57 Å². The number of hydrogen-bond donors (Lipinski definition) is 0. The van der Waals surface area contributed by atoms with Crippen molar-refractivity contribution in [1.82, 2.24) is 0 Å². The summed E-state index contributed by atoms with van der Waals surface area (Å²) < 4.78 is 2.01. The van der Waals surface area contributed by atoms with Crippen LogP contribution in [0, 0.1) is 0 Å². The van der Waals surface area contributed by atoms with Crippen molar-refractivity contribution >= 4 is 23.6 Å². The lowest BCUT2D eigenvalue weighted by Crippen LogP contribution is -2.23. The van der Waals surface area contributed by atoms with E-state index in [1.807, 2.05) is 59.6 Å². The van der Waals surface area contributed by atoms with E-state index in [0.717, 1.165) is 10.7 Å². The summed E-state index contributed by atoms with van der Waals surface area (Å²) in [6.07, 6.45) is 6.04. The van der Waals surface area contributed by atoms with Gasteiger partial charge in [-0.3, -0.25) is 0 Å². The number of nitrogens with zero attached hydrogens (tertiary/aromatic N) is 2. The molecule has 0 spiro atoms. The Balaban J connectivity index is 1.89. The van der Waals surface area contributed by atoms with Gasteiger partial charge in [-0.15, -0.1) is 17.4 Å². The number of fused-ring (bicyclic) bond motifs is 1. The molecular formula is C13H10N2S. The minimum Gasteiger partial charge on any atom is -0.646 e. The second kappa shape index (κ2) is 4.02. The van der Waals surface area contributed by atoms with E-state index in [1.165, 1.54) is 4.90 Å². The molecule has 0 saturated carbocycles. The number of aromatic nitrogens is 1. The van der Waals surface area contributed by atoms with Crippen molar-refractivity contribution in [3.63, 3.8) is 0 Å². The van der Waals surface area contributed by atoms with Gasteiger partial charge in [-0.25, -0.2) is 0 Å². The van der Waals surface area contributed by atoms with Crippen molar-refractivity contribution in [3.8, 4) is 0 Å². The third-order valence-electron chi connectivity index (χ3n) is 2.31. The van der Waals surface area contributed by atoms with Crippen LogP contribution in [0.5, 0.6) is 0 Å². The number of benzene rings is 1. The second-order valence-electron chi connectivity index (χ2n) is 3.47. The van der Waals surface area contributed by atoms with E-state index in [4.69, 9.17) is 0 Å². The van der Waals surface area contributed by atoms with E-state index in [9.17, 15) is 0 Å². The van der Waals surface area contributed by atoms with E-state index in [0.29, 0.717) is 0 Å². The molecule has 0 aliphatic carbocycles. The highest BCUT2D eigenvalue weighted by atomic mass is 32.2. The maximum absolute atomic E-state index is 4.55. The zero-order valence-corrected chi connectivity index (χ0v) is 9.39. The summed E-state index contributed by atoms with van der Waals surface area (Å²) in [6, 6.07) is 14.2. The predicted octanol–water partition coefficient (Wildman–Crippen LogP) is 3.54. The molecule has 3 heteroatoms. The Morgan fingerprint density at radius 1 is 1.00 bits per heavy atom. The number of thioether (sulfide) groups is 1. The van der Waals surface area contributed by atoms with Crippen molar-refractivity contribution in [2.45, 2.75) is 4.90 Å². The predicted molar refractivity (Wildman–Crippen MR) is 66.2 cm³/mol. The third-order valence-corrected chi connectivity index (χ3v) is 3.28. The van der Waals surface area contributed by atoms with Gasteiger partial charge in [0.15, 0.2) is 18.6 Å². The van der Waals surface area contributed by atoms with E-state index in [2.05, 4.69) is 11.4 Å². The highest BCUT2D eigenvalue weighted by molar-refractivity contribution is 8.04. The Hall–Kier alpha value is -1.74. The van der Waals surface area contributed by atoms with E-state index in [-0.39, 0.29) is 0 Å². The first-order valence-corrected chi connectivity index (χ1v) is 5.90. The van der Waals surface area contributed by atoms with Gasteiger partial charge in [-0.2, -0.15) is 4.57 Å². The van der Waals surface area contributed by atoms with Crippen LogP contribution in [0.4, 0.5) is 5.69 Å². The van der Waals surface area contributed by atoms with Crippen LogP contribution in [0.1, 0.15) is 0 Å². The Morgan fingerprint density at radius 3 is 2.62 bits per heavy atom. The number of pyridine rings is 1. The Bertz CT molecular complexity index is 508. The molecular weight excluding hydrogens is 216 g/mol. The lowest BCUT2D eigenvalue weighted by atomic mass is 10.3. The van der Waals surface area contributed by atoms with E-state index < -0.39 is 0 Å². The summed E-state index contributed by atoms with van der Waals surface area (Å²) in [5.74, 6) is 0. The normalized spacial score (nSPS) is 15.9. The largest absolute Gasteiger partial charge is 0.646 e. The molecule has 0 radical (unpaired) electrons. The Kier molecular flexibility index (Phi) is 2.38. The molecule has 1 aromatic carbocycles. The average molecular weight is 226 g/mol. The number of para-hydroxylation sites is 1. The van der Waals surface area contributed by atoms with Crippen molar-refractivity contribution in [2.75, 3.05) is 0 Å². The summed E-state index contributed by atoms with van der Waals surface area (Å²) in [5, 5.41) is 5.58. The van der Waals surface area contributed by atoms with Crippen LogP contribution in [-0.4, -0.2) is 0 Å². The van der Waals surface area contributed by atoms with Crippen molar-refractivity contribution in [3.05, 3.63) is 65.2 Å². The summed E-state index contributed by atoms with van der Waals surface area (Å²) in [5.41, 5.74) is 1.07. The summed E-state index contributed by atoms with van der Waals surface area (Å²) in [7, 11) is 0. The van der Waals surface area contributed by atoms with Gasteiger partial charge in [0.1, 0.15) is 0 Å². The first-order chi connectivity index (χ1) is 7.92. The van der Waals surface area contributed by atoms with Gasteiger partial charge in [0.05, 0.1) is 0 Å². The van der Waals surface area contributed by atoms with Crippen LogP contribution in [0.15, 0.2) is 64.8 Å². The van der Waals surface area contributed by atoms with Gasteiger partial charge in [0.25, 0.3) is 0 Å². The molecule has 0 saturated heterocycles. The molecule has 0 atom stereocenters. The van der Waals surface area contributed by atoms with Gasteiger partial charge in [-0.05, 0) is 16.0 Å². The number of rotatable bonds is 1. The van der Waals surface area contributed by atoms with Crippen molar-refractivity contribution in [1.29, 1.82) is 0 Å². The van der Waals surface area contributed by atoms with Gasteiger partial charge in [0.2, 0.25) is 0 Å². The van der Waals surface area contributed by atoms with Gasteiger partial charge >= 0.3 is 0 Å². The Morgan fingerprint density at radius 2 is 1.81 bits per heavy atom. The zero-order chi connectivity index (χ0) is 10.8. The lowest BCUT2D eigenvalue weighted by molar-refractivity contribution is -0.568. The average Bonchev–Trinajstić information content (AvgIpc) is 2.72. The fourth-order valence-corrected chi connectivity index (χ4v) is 2.48. The molecule has 0 fully saturated rings. The van der Waals surface area contributed by atoms with Crippen LogP contribution >= 0.6 is 11.8 Å². The van der Waals surface area contributed by atoms with Crippen LogP contribution in [0.25, 0.3) is 11.5 Å². The molecule has 16 heavy (non-hydrogen) atoms. The zero-order valence-electron chi connectivity index (χ0n) is 8.58. The van der Waals surface area contributed by atoms with Crippen molar-refractivity contribution in [2.24, 2.45) is 0 Å². The van der Waals surface area contributed by atoms with Crippen LogP contribution in [-0.2, 0) is 0 Å². The third kappa shape index (κ3) is 1.82. The molecule has 1 aromatic heterocycles. The molecule has 2 nitrogen and oxygen atoms in total. The van der Waals surface area contributed by atoms with Gasteiger partial charge in [0, 0.05) is 12.1 Å². The Labute approximate surface area is 98.6 Å². The number of hydrogen-bond acceptors (Lipinski definition) is 1. The molecule has 1 aliphatic heterocycles. The highest BCUT2D eigenvalue weighted by Gasteiger charge is 2.06. The summed E-state index contributed by atoms with van der Waals surface area (Å²) in [4.78, 5) is 1.23. The first-order valence-electron chi connectivity index (χ1n) is 5.08. The SMILES string of the molecule is C(=C1\[N-]c2ccccc2S1)/[n+]1ccccc1. The van der Waals surface area contributed by atoms with Crippen LogP contribution in [0.3, 0.4) is 0 Å². The first kappa shape index (κ1) is 9.48. The fourth-order valence-electron chi connectivity index (χ4n) is 1.57. The molecule has 0 unspecified atom stereocenters. The molecule has 0 amide bonds. The highest BCUT2D eigenvalue weighted by Crippen LogP contribution is 2.48. The molecule has 78 valence electrons. The molecule has 3 rings (SSSR count). The molecule has 0 bridgehead atoms. The standard InChI is InChI=1S/C13H10N2S/c1-4-8-15(9-5-1)10-13-14-11-6-2-3-7-12(11)16-13/h1-10H/b13-10-. The quantitative estimate of drug-likeness (QED) is 0.680. The van der Waals surface area contributed by atoms with E-state index in [1.54, 1.807) is 11.8 Å². The smallest absolute Gasteiger partial charge is 0.174 e. The second-order valence-corrected chi connectivity index (χ2v) is 4.53. The minimum atomic E-state index is 1.03. The molecule has 0 N–H and O–H groups in total. The summed E-state index contributed by atoms with van der Waals surface area (Å²) in [6.45, 7) is 0. The molecule has 2 heterocycles. The monoisotopic (exact) mass is 226 g/mol. The minimum absolute atomic E-state index is 1.03. The molecule has 1 aliphatic rings. The fraction of sp³-hybridized carbons (Fsp3) is 0. The lowest BCUT2D eigenvalue weighted by Gasteiger charge is -2.11. The maximum Gasteiger partial charge on any atom is 0.174 e.